The van der Waals surface area contributed by atoms with Gasteiger partial charge in [-0.1, -0.05) is 146 Å². The van der Waals surface area contributed by atoms with E-state index in [1.807, 2.05) is 0 Å². The van der Waals surface area contributed by atoms with Gasteiger partial charge in [0.2, 0.25) is 0 Å². The highest BCUT2D eigenvalue weighted by molar-refractivity contribution is 6.34. The van der Waals surface area contributed by atoms with E-state index < -0.39 is 0 Å². The normalized spacial score (nSPS) is 12.6. The third-order valence-corrected chi connectivity index (χ3v) is 11.7. The van der Waals surface area contributed by atoms with E-state index in [-0.39, 0.29) is 0 Å². The number of rotatable bonds is 2. The van der Waals surface area contributed by atoms with E-state index in [1.54, 1.807) is 0 Å². The lowest BCUT2D eigenvalue weighted by Gasteiger charge is -2.23. The largest absolute Gasteiger partial charge is 0.0619 e. The quantitative estimate of drug-likeness (QED) is 0.130. The van der Waals surface area contributed by atoms with Gasteiger partial charge in [0.05, 0.1) is 0 Å². The van der Waals surface area contributed by atoms with Crippen molar-refractivity contribution in [1.82, 2.24) is 0 Å². The van der Waals surface area contributed by atoms with Gasteiger partial charge in [-0.2, -0.15) is 0 Å². The van der Waals surface area contributed by atoms with E-state index >= 15 is 0 Å². The Morgan fingerprint density at radius 3 is 1.37 bits per heavy atom. The molecule has 0 saturated heterocycles. The summed E-state index contributed by atoms with van der Waals surface area (Å²) in [7, 11) is 0. The molecule has 0 fully saturated rings. The summed E-state index contributed by atoms with van der Waals surface area (Å²) in [5.41, 5.74) is 10.7. The molecular weight excluding hydrogens is 613 g/mol. The van der Waals surface area contributed by atoms with E-state index in [1.165, 1.54) is 120 Å². The Balaban J connectivity index is 1.20. The van der Waals surface area contributed by atoms with Gasteiger partial charge in [0.25, 0.3) is 0 Å². The highest BCUT2D eigenvalue weighted by Gasteiger charge is 2.23. The molecule has 0 saturated carbocycles. The van der Waals surface area contributed by atoms with Gasteiger partial charge in [-0.25, -0.2) is 0 Å². The van der Waals surface area contributed by atoms with Crippen molar-refractivity contribution in [3.05, 3.63) is 181 Å². The standard InChI is InChI=1S/C51H30/c1-2-17-37-31(11-1)25-32-14-7-15-33-26-35(28-45(37)47(32)33)50-38-18-3-5-20-40(38)51(41-21-6-4-19-39(41)50)36-27-34-16-10-23-43-42-22-8-12-30-13-9-24-44(48(30)42)46(29-36)49(34)43/h1-24,26-29H,25H2. The molecule has 0 N–H and O–H groups in total. The minimum absolute atomic E-state index is 0.982. The second-order valence-electron chi connectivity index (χ2n) is 14.4. The fourth-order valence-electron chi connectivity index (χ4n) is 9.70. The van der Waals surface area contributed by atoms with Crippen molar-refractivity contribution in [3.8, 4) is 33.4 Å². The molecular formula is C51H30. The second kappa shape index (κ2) is 10.0. The van der Waals surface area contributed by atoms with Crippen molar-refractivity contribution in [1.29, 1.82) is 0 Å². The van der Waals surface area contributed by atoms with E-state index in [0.717, 1.165) is 6.42 Å². The van der Waals surface area contributed by atoms with Crippen molar-refractivity contribution < 1.29 is 0 Å². The lowest BCUT2D eigenvalue weighted by Crippen LogP contribution is -2.01. The molecule has 0 unspecified atom stereocenters. The Labute approximate surface area is 295 Å². The molecule has 12 rings (SSSR count). The van der Waals surface area contributed by atoms with Crippen molar-refractivity contribution >= 4 is 75.4 Å². The van der Waals surface area contributed by atoms with Crippen LogP contribution < -0.4 is 0 Å². The molecule has 0 nitrogen and oxygen atoms in total. The van der Waals surface area contributed by atoms with Crippen molar-refractivity contribution in [3.63, 3.8) is 0 Å². The van der Waals surface area contributed by atoms with Crippen LogP contribution in [0.2, 0.25) is 0 Å². The molecule has 0 spiro atoms. The molecule has 0 aliphatic heterocycles. The third-order valence-electron chi connectivity index (χ3n) is 11.7. The van der Waals surface area contributed by atoms with Crippen LogP contribution in [-0.2, 0) is 6.42 Å². The molecule has 11 aromatic carbocycles. The lowest BCUT2D eigenvalue weighted by atomic mass is 9.80. The van der Waals surface area contributed by atoms with Gasteiger partial charge >= 0.3 is 0 Å². The van der Waals surface area contributed by atoms with Gasteiger partial charge in [0.1, 0.15) is 0 Å². The molecule has 0 heterocycles. The summed E-state index contributed by atoms with van der Waals surface area (Å²) in [4.78, 5) is 0. The lowest BCUT2D eigenvalue weighted by molar-refractivity contribution is 1.20. The highest BCUT2D eigenvalue weighted by atomic mass is 14.3. The molecule has 0 atom stereocenters. The first-order chi connectivity index (χ1) is 25.3. The summed E-state index contributed by atoms with van der Waals surface area (Å²) in [5, 5.41) is 18.4. The van der Waals surface area contributed by atoms with Crippen LogP contribution in [0.15, 0.2) is 170 Å². The zero-order valence-corrected chi connectivity index (χ0v) is 27.9. The monoisotopic (exact) mass is 642 g/mol. The first kappa shape index (κ1) is 27.3. The van der Waals surface area contributed by atoms with Crippen LogP contribution in [0.4, 0.5) is 0 Å². The summed E-state index contributed by atoms with van der Waals surface area (Å²) in [6, 6.07) is 64.1. The average Bonchev–Trinajstić information content (AvgIpc) is 3.18. The maximum Gasteiger partial charge on any atom is -0.00132 e. The van der Waals surface area contributed by atoms with E-state index in [2.05, 4.69) is 170 Å². The minimum atomic E-state index is 0.982. The predicted octanol–water partition coefficient (Wildman–Crippen LogP) is 14.1. The highest BCUT2D eigenvalue weighted by Crippen LogP contribution is 2.49. The minimum Gasteiger partial charge on any atom is -0.0619 e. The van der Waals surface area contributed by atoms with Gasteiger partial charge in [-0.3, -0.25) is 0 Å². The van der Waals surface area contributed by atoms with Crippen LogP contribution in [0.1, 0.15) is 11.1 Å². The summed E-state index contributed by atoms with van der Waals surface area (Å²) in [6.45, 7) is 0. The fourth-order valence-corrected chi connectivity index (χ4v) is 9.70. The van der Waals surface area contributed by atoms with Crippen molar-refractivity contribution in [2.75, 3.05) is 0 Å². The van der Waals surface area contributed by atoms with Crippen LogP contribution >= 0.6 is 0 Å². The molecule has 11 aromatic rings. The predicted molar refractivity (Wildman–Crippen MR) is 219 cm³/mol. The summed E-state index contributed by atoms with van der Waals surface area (Å²) in [5.74, 6) is 0. The van der Waals surface area contributed by atoms with Crippen molar-refractivity contribution in [2.24, 2.45) is 0 Å². The zero-order chi connectivity index (χ0) is 33.2. The Kier molecular flexibility index (Phi) is 5.38. The van der Waals surface area contributed by atoms with Gasteiger partial charge in [0.15, 0.2) is 0 Å². The molecule has 0 bridgehead atoms. The second-order valence-corrected chi connectivity index (χ2v) is 14.4. The maximum absolute atomic E-state index is 2.48. The molecule has 234 valence electrons. The first-order valence-corrected chi connectivity index (χ1v) is 18.0. The number of fused-ring (bicyclic) bond motifs is 6. The Bertz CT molecular complexity index is 3210. The molecule has 1 aliphatic rings. The van der Waals surface area contributed by atoms with E-state index in [0.29, 0.717) is 0 Å². The van der Waals surface area contributed by atoms with Gasteiger partial charge in [-0.15, -0.1) is 0 Å². The Hall–Kier alpha value is -6.50. The van der Waals surface area contributed by atoms with Gasteiger partial charge in [0, 0.05) is 0 Å². The summed E-state index contributed by atoms with van der Waals surface area (Å²) in [6.07, 6.45) is 0.982. The van der Waals surface area contributed by atoms with E-state index in [9.17, 15) is 0 Å². The summed E-state index contributed by atoms with van der Waals surface area (Å²) >= 11 is 0. The number of hydrogen-bond donors (Lipinski definition) is 0. The van der Waals surface area contributed by atoms with Gasteiger partial charge < -0.3 is 0 Å². The van der Waals surface area contributed by atoms with E-state index in [4.69, 9.17) is 0 Å². The summed E-state index contributed by atoms with van der Waals surface area (Å²) < 4.78 is 0. The third kappa shape index (κ3) is 3.69. The Morgan fingerprint density at radius 2 is 0.725 bits per heavy atom. The molecule has 0 aromatic heterocycles. The van der Waals surface area contributed by atoms with Gasteiger partial charge in [-0.05, 0) is 151 Å². The van der Waals surface area contributed by atoms with Crippen LogP contribution in [0.25, 0.3) is 109 Å². The Morgan fingerprint density at radius 1 is 0.275 bits per heavy atom. The molecule has 0 heteroatoms. The zero-order valence-electron chi connectivity index (χ0n) is 27.9. The smallest absolute Gasteiger partial charge is 0.00132 e. The molecule has 0 radical (unpaired) electrons. The van der Waals surface area contributed by atoms with Crippen molar-refractivity contribution in [2.45, 2.75) is 6.42 Å². The number of benzene rings is 11. The fraction of sp³-hybridized carbons (Fsp3) is 0.0196. The molecule has 0 amide bonds. The number of hydrogen-bond acceptors (Lipinski definition) is 0. The van der Waals surface area contributed by atoms with Crippen LogP contribution in [0.3, 0.4) is 0 Å². The first-order valence-electron chi connectivity index (χ1n) is 18.0. The topological polar surface area (TPSA) is 0 Å². The van der Waals surface area contributed by atoms with Crippen LogP contribution in [-0.4, -0.2) is 0 Å². The SMILES string of the molecule is c1ccc2c(c1)Cc1cccc3cc(-c4c5ccccc5c(-c5cc6cccc7c8cccc9cccc(c(c5)c67)c98)c5ccccc45)cc-2c13. The molecule has 51 heavy (non-hydrogen) atoms. The maximum atomic E-state index is 2.48. The molecule has 1 aliphatic carbocycles. The van der Waals surface area contributed by atoms with Crippen LogP contribution in [0.5, 0.6) is 0 Å². The average molecular weight is 643 g/mol. The van der Waals surface area contributed by atoms with Crippen LogP contribution in [0, 0.1) is 0 Å².